The van der Waals surface area contributed by atoms with Gasteiger partial charge in [0.2, 0.25) is 0 Å². The third kappa shape index (κ3) is 5.64. The minimum atomic E-state index is -0.0393. The average molecular weight is 386 g/mol. The van der Waals surface area contributed by atoms with Crippen molar-refractivity contribution in [3.05, 3.63) is 89.0 Å². The molecule has 2 aromatic carbocycles. The number of halogens is 1. The van der Waals surface area contributed by atoms with Crippen LogP contribution in [0.2, 0.25) is 5.02 Å². The molecule has 1 heterocycles. The molecule has 0 atom stereocenters. The number of hydrogen-bond acceptors (Lipinski definition) is 3. The highest BCUT2D eigenvalue weighted by atomic mass is 35.5. The van der Waals surface area contributed by atoms with Crippen LogP contribution in [0.15, 0.2) is 67.3 Å². The number of aromatic nitrogens is 2. The molecule has 134 valence electrons. The van der Waals surface area contributed by atoms with Crippen molar-refractivity contribution < 1.29 is 4.79 Å². The number of benzene rings is 2. The van der Waals surface area contributed by atoms with Gasteiger partial charge in [0.25, 0.3) is 5.91 Å². The molecule has 1 N–H and O–H groups in total. The van der Waals surface area contributed by atoms with Gasteiger partial charge in [0.05, 0.1) is 6.33 Å². The van der Waals surface area contributed by atoms with Gasteiger partial charge in [0.1, 0.15) is 0 Å². The largest absolute Gasteiger partial charge is 0.351 e. The van der Waals surface area contributed by atoms with Crippen LogP contribution in [0.1, 0.15) is 21.5 Å². The van der Waals surface area contributed by atoms with Gasteiger partial charge in [-0.15, -0.1) is 0 Å². The Bertz CT molecular complexity index is 835. The van der Waals surface area contributed by atoms with Gasteiger partial charge in [-0.2, -0.15) is 11.8 Å². The van der Waals surface area contributed by atoms with E-state index >= 15 is 0 Å². The van der Waals surface area contributed by atoms with Crippen LogP contribution >= 0.6 is 23.4 Å². The van der Waals surface area contributed by atoms with E-state index in [-0.39, 0.29) is 5.91 Å². The van der Waals surface area contributed by atoms with Crippen LogP contribution in [0.25, 0.3) is 0 Å². The van der Waals surface area contributed by atoms with Gasteiger partial charge in [0.15, 0.2) is 0 Å². The number of carbonyl (C=O) groups is 1. The van der Waals surface area contributed by atoms with Crippen LogP contribution in [0, 0.1) is 0 Å². The number of nitrogens with one attached hydrogen (secondary N) is 1. The summed E-state index contributed by atoms with van der Waals surface area (Å²) in [5.41, 5.74) is 3.01. The fraction of sp³-hybridized carbons (Fsp3) is 0.200. The molecule has 4 nitrogen and oxygen atoms in total. The van der Waals surface area contributed by atoms with Crippen molar-refractivity contribution >= 4 is 29.3 Å². The summed E-state index contributed by atoms with van der Waals surface area (Å²) in [7, 11) is 0. The molecule has 0 unspecified atom stereocenters. The van der Waals surface area contributed by atoms with E-state index in [1.165, 1.54) is 5.56 Å². The first-order chi connectivity index (χ1) is 12.7. The molecule has 6 heteroatoms. The van der Waals surface area contributed by atoms with Crippen LogP contribution in [-0.4, -0.2) is 27.8 Å². The van der Waals surface area contributed by atoms with E-state index in [9.17, 15) is 4.79 Å². The van der Waals surface area contributed by atoms with Crippen molar-refractivity contribution in [1.29, 1.82) is 0 Å². The van der Waals surface area contributed by atoms with Gasteiger partial charge >= 0.3 is 0 Å². The molecular weight excluding hydrogens is 366 g/mol. The van der Waals surface area contributed by atoms with Gasteiger partial charge < -0.3 is 9.88 Å². The lowest BCUT2D eigenvalue weighted by molar-refractivity contribution is 0.0956. The molecule has 0 aliphatic heterocycles. The second-order valence-corrected chi connectivity index (χ2v) is 7.41. The lowest BCUT2D eigenvalue weighted by Crippen LogP contribution is -2.25. The van der Waals surface area contributed by atoms with E-state index in [0.717, 1.165) is 28.6 Å². The van der Waals surface area contributed by atoms with Crippen LogP contribution in [0.3, 0.4) is 0 Å². The van der Waals surface area contributed by atoms with Crippen LogP contribution in [0.5, 0.6) is 0 Å². The minimum Gasteiger partial charge on any atom is -0.351 e. The van der Waals surface area contributed by atoms with Crippen molar-refractivity contribution in [3.63, 3.8) is 0 Å². The van der Waals surface area contributed by atoms with Gasteiger partial charge in [-0.05, 0) is 35.4 Å². The number of nitrogens with zero attached hydrogens (tertiary/aromatic N) is 2. The Balaban J connectivity index is 1.39. The van der Waals surface area contributed by atoms with Crippen LogP contribution < -0.4 is 5.32 Å². The predicted molar refractivity (Wildman–Crippen MR) is 108 cm³/mol. The van der Waals surface area contributed by atoms with Crippen molar-refractivity contribution in [2.75, 3.05) is 12.3 Å². The number of amides is 1. The van der Waals surface area contributed by atoms with Crippen molar-refractivity contribution in [2.45, 2.75) is 12.3 Å². The van der Waals surface area contributed by atoms with Crippen LogP contribution in [0.4, 0.5) is 0 Å². The lowest BCUT2D eigenvalue weighted by atomic mass is 10.1. The topological polar surface area (TPSA) is 46.9 Å². The van der Waals surface area contributed by atoms with E-state index in [4.69, 9.17) is 11.6 Å². The molecule has 0 fully saturated rings. The summed E-state index contributed by atoms with van der Waals surface area (Å²) in [6.07, 6.45) is 5.45. The summed E-state index contributed by atoms with van der Waals surface area (Å²) < 4.78 is 1.99. The average Bonchev–Trinajstić information content (AvgIpc) is 3.15. The quantitative estimate of drug-likeness (QED) is 0.590. The minimum absolute atomic E-state index is 0.0393. The van der Waals surface area contributed by atoms with E-state index < -0.39 is 0 Å². The van der Waals surface area contributed by atoms with Crippen molar-refractivity contribution in [3.8, 4) is 0 Å². The zero-order valence-corrected chi connectivity index (χ0v) is 15.8. The molecule has 0 saturated heterocycles. The summed E-state index contributed by atoms with van der Waals surface area (Å²) in [6, 6.07) is 15.5. The molecule has 3 rings (SSSR count). The third-order valence-electron chi connectivity index (χ3n) is 3.83. The SMILES string of the molecule is O=C(NCCSCc1cccc(Cl)c1)c1ccc(Cn2ccnc2)cc1. The number of thioether (sulfide) groups is 1. The first-order valence-electron chi connectivity index (χ1n) is 8.36. The Hall–Kier alpha value is -2.24. The molecule has 0 spiro atoms. The second kappa shape index (κ2) is 9.46. The molecule has 1 amide bonds. The molecule has 3 aromatic rings. The summed E-state index contributed by atoms with van der Waals surface area (Å²) in [4.78, 5) is 16.2. The molecule has 0 aliphatic carbocycles. The Kier molecular flexibility index (Phi) is 6.75. The van der Waals surface area contributed by atoms with Gasteiger partial charge in [-0.25, -0.2) is 4.98 Å². The van der Waals surface area contributed by atoms with Gasteiger partial charge in [0, 0.05) is 47.6 Å². The van der Waals surface area contributed by atoms with Gasteiger partial charge in [-0.3, -0.25) is 4.79 Å². The van der Waals surface area contributed by atoms with E-state index in [0.29, 0.717) is 12.1 Å². The summed E-state index contributed by atoms with van der Waals surface area (Å²) in [6.45, 7) is 1.39. The summed E-state index contributed by atoms with van der Waals surface area (Å²) >= 11 is 7.75. The number of carbonyl (C=O) groups excluding carboxylic acids is 1. The number of hydrogen-bond donors (Lipinski definition) is 1. The van der Waals surface area contributed by atoms with Gasteiger partial charge in [-0.1, -0.05) is 35.9 Å². The highest BCUT2D eigenvalue weighted by Crippen LogP contribution is 2.16. The first-order valence-corrected chi connectivity index (χ1v) is 9.89. The molecular formula is C20H20ClN3OS. The fourth-order valence-corrected chi connectivity index (χ4v) is 3.53. The van der Waals surface area contributed by atoms with E-state index in [1.807, 2.05) is 53.2 Å². The van der Waals surface area contributed by atoms with Crippen molar-refractivity contribution in [2.24, 2.45) is 0 Å². The van der Waals surface area contributed by atoms with E-state index in [2.05, 4.69) is 16.4 Å². The standard InChI is InChI=1S/C20H20ClN3OS/c21-19-3-1-2-17(12-19)14-26-11-9-23-20(25)18-6-4-16(5-7-18)13-24-10-8-22-15-24/h1-8,10,12,15H,9,11,13-14H2,(H,23,25). The first kappa shape index (κ1) is 18.5. The zero-order chi connectivity index (χ0) is 18.2. The normalized spacial score (nSPS) is 10.7. The second-order valence-electron chi connectivity index (χ2n) is 5.87. The number of imidazole rings is 1. The predicted octanol–water partition coefficient (Wildman–Crippen LogP) is 4.25. The summed E-state index contributed by atoms with van der Waals surface area (Å²) in [5.74, 6) is 1.71. The smallest absolute Gasteiger partial charge is 0.251 e. The Labute approximate surface area is 162 Å². The molecule has 1 aromatic heterocycles. The number of rotatable bonds is 8. The Morgan fingerprint density at radius 2 is 2.00 bits per heavy atom. The van der Waals surface area contributed by atoms with Crippen LogP contribution in [-0.2, 0) is 12.3 Å². The third-order valence-corrected chi connectivity index (χ3v) is 5.10. The van der Waals surface area contributed by atoms with E-state index in [1.54, 1.807) is 24.3 Å². The summed E-state index contributed by atoms with van der Waals surface area (Å²) in [5, 5.41) is 3.72. The maximum atomic E-state index is 12.2. The lowest BCUT2D eigenvalue weighted by Gasteiger charge is -2.07. The fourth-order valence-electron chi connectivity index (χ4n) is 2.51. The Morgan fingerprint density at radius 1 is 1.15 bits per heavy atom. The Morgan fingerprint density at radius 3 is 2.73 bits per heavy atom. The maximum absolute atomic E-state index is 12.2. The maximum Gasteiger partial charge on any atom is 0.251 e. The molecule has 0 radical (unpaired) electrons. The molecule has 26 heavy (non-hydrogen) atoms. The van der Waals surface area contributed by atoms with Crippen molar-refractivity contribution in [1.82, 2.24) is 14.9 Å². The highest BCUT2D eigenvalue weighted by Gasteiger charge is 2.05. The highest BCUT2D eigenvalue weighted by molar-refractivity contribution is 7.98. The zero-order valence-electron chi connectivity index (χ0n) is 14.3. The molecule has 0 bridgehead atoms. The monoisotopic (exact) mass is 385 g/mol. The molecule has 0 aliphatic rings. The molecule has 0 saturated carbocycles.